The molecule has 0 bridgehead atoms. The molecule has 2 aromatic carbocycles. The van der Waals surface area contributed by atoms with Gasteiger partial charge in [-0.15, -0.1) is 0 Å². The van der Waals surface area contributed by atoms with Gasteiger partial charge in [-0.1, -0.05) is 30.3 Å². The molecule has 0 saturated carbocycles. The second-order valence-electron chi connectivity index (χ2n) is 4.98. The average Bonchev–Trinajstić information content (AvgIpc) is 2.55. The van der Waals surface area contributed by atoms with Crippen LogP contribution in [0.2, 0.25) is 0 Å². The lowest BCUT2D eigenvalue weighted by atomic mass is 10.1. The molecule has 23 heavy (non-hydrogen) atoms. The van der Waals surface area contributed by atoms with Crippen molar-refractivity contribution in [2.24, 2.45) is 0 Å². The standard InChI is InChI=1S/C17H18N2O4/c1-3-23-16-11-7-5-9-14(16)17(20)18(2)12-13-8-4-6-10-15(13)19(21)22/h4-11H,3,12H2,1-2H3. The zero-order chi connectivity index (χ0) is 16.8. The number of rotatable bonds is 6. The Bertz CT molecular complexity index is 715. The van der Waals surface area contributed by atoms with E-state index in [1.165, 1.54) is 11.0 Å². The monoisotopic (exact) mass is 314 g/mol. The Kier molecular flexibility index (Phi) is 5.30. The fourth-order valence-corrected chi connectivity index (χ4v) is 2.28. The number of nitrogens with zero attached hydrogens (tertiary/aromatic N) is 2. The predicted octanol–water partition coefficient (Wildman–Crippen LogP) is 3.27. The van der Waals surface area contributed by atoms with E-state index in [1.807, 2.05) is 6.92 Å². The number of carbonyl (C=O) groups is 1. The average molecular weight is 314 g/mol. The summed E-state index contributed by atoms with van der Waals surface area (Å²) in [5, 5.41) is 11.1. The van der Waals surface area contributed by atoms with Gasteiger partial charge in [0.15, 0.2) is 0 Å². The Balaban J connectivity index is 2.23. The van der Waals surface area contributed by atoms with E-state index < -0.39 is 4.92 Å². The molecule has 0 N–H and O–H groups in total. The zero-order valence-electron chi connectivity index (χ0n) is 13.1. The molecule has 0 radical (unpaired) electrons. The number of hydrogen-bond donors (Lipinski definition) is 0. The molecule has 0 unspecified atom stereocenters. The summed E-state index contributed by atoms with van der Waals surface area (Å²) in [5.41, 5.74) is 0.933. The molecule has 0 aliphatic heterocycles. The second-order valence-corrected chi connectivity index (χ2v) is 4.98. The van der Waals surface area contributed by atoms with Crippen LogP contribution in [0.25, 0.3) is 0 Å². The molecule has 0 heterocycles. The van der Waals surface area contributed by atoms with Gasteiger partial charge >= 0.3 is 0 Å². The first-order chi connectivity index (χ1) is 11.0. The van der Waals surface area contributed by atoms with Crippen molar-refractivity contribution in [3.8, 4) is 5.75 Å². The summed E-state index contributed by atoms with van der Waals surface area (Å²) in [5.74, 6) is 0.265. The molecule has 2 rings (SSSR count). The first kappa shape index (κ1) is 16.5. The van der Waals surface area contributed by atoms with Gasteiger partial charge in [0, 0.05) is 18.7 Å². The Morgan fingerprint density at radius 1 is 1.17 bits per heavy atom. The van der Waals surface area contributed by atoms with Crippen LogP contribution in [0.15, 0.2) is 48.5 Å². The van der Waals surface area contributed by atoms with Gasteiger partial charge in [0.1, 0.15) is 5.75 Å². The van der Waals surface area contributed by atoms with Crippen molar-refractivity contribution >= 4 is 11.6 Å². The van der Waals surface area contributed by atoms with Crippen LogP contribution < -0.4 is 4.74 Å². The first-order valence-electron chi connectivity index (χ1n) is 7.24. The predicted molar refractivity (Wildman–Crippen MR) is 86.5 cm³/mol. The minimum atomic E-state index is -0.443. The minimum Gasteiger partial charge on any atom is -0.493 e. The number of nitro benzene ring substituents is 1. The Labute approximate surface area is 134 Å². The van der Waals surface area contributed by atoms with E-state index in [9.17, 15) is 14.9 Å². The van der Waals surface area contributed by atoms with Crippen molar-refractivity contribution in [3.63, 3.8) is 0 Å². The quantitative estimate of drug-likeness (QED) is 0.606. The smallest absolute Gasteiger partial charge is 0.274 e. The summed E-state index contributed by atoms with van der Waals surface area (Å²) in [6.45, 7) is 2.45. The topological polar surface area (TPSA) is 72.7 Å². The highest BCUT2D eigenvalue weighted by atomic mass is 16.6. The lowest BCUT2D eigenvalue weighted by molar-refractivity contribution is -0.385. The molecular formula is C17H18N2O4. The summed E-state index contributed by atoms with van der Waals surface area (Å²) < 4.78 is 5.46. The number of amides is 1. The van der Waals surface area contributed by atoms with Crippen LogP contribution in [-0.4, -0.2) is 29.4 Å². The SMILES string of the molecule is CCOc1ccccc1C(=O)N(C)Cc1ccccc1[N+](=O)[O-]. The third-order valence-electron chi connectivity index (χ3n) is 3.36. The van der Waals surface area contributed by atoms with Crippen LogP contribution in [0, 0.1) is 10.1 Å². The van der Waals surface area contributed by atoms with Crippen LogP contribution >= 0.6 is 0 Å². The van der Waals surface area contributed by atoms with Gasteiger partial charge < -0.3 is 9.64 Å². The molecule has 6 nitrogen and oxygen atoms in total. The molecule has 0 aliphatic carbocycles. The number of para-hydroxylation sites is 2. The maximum absolute atomic E-state index is 12.6. The fraction of sp³-hybridized carbons (Fsp3) is 0.235. The summed E-state index contributed by atoms with van der Waals surface area (Å²) in [4.78, 5) is 24.7. The molecule has 0 spiro atoms. The van der Waals surface area contributed by atoms with Crippen LogP contribution in [0.1, 0.15) is 22.8 Å². The molecule has 6 heteroatoms. The van der Waals surface area contributed by atoms with Crippen molar-refractivity contribution in [3.05, 3.63) is 69.8 Å². The third-order valence-corrected chi connectivity index (χ3v) is 3.36. The van der Waals surface area contributed by atoms with E-state index in [4.69, 9.17) is 4.74 Å². The summed E-state index contributed by atoms with van der Waals surface area (Å²) in [6.07, 6.45) is 0. The highest BCUT2D eigenvalue weighted by Crippen LogP contribution is 2.23. The number of carbonyl (C=O) groups excluding carboxylic acids is 1. The second kappa shape index (κ2) is 7.40. The zero-order valence-corrected chi connectivity index (χ0v) is 13.1. The van der Waals surface area contributed by atoms with Crippen LogP contribution in [0.4, 0.5) is 5.69 Å². The Hall–Kier alpha value is -2.89. The van der Waals surface area contributed by atoms with Crippen LogP contribution in [0.3, 0.4) is 0 Å². The van der Waals surface area contributed by atoms with Crippen molar-refractivity contribution in [2.75, 3.05) is 13.7 Å². The number of benzene rings is 2. The van der Waals surface area contributed by atoms with E-state index in [2.05, 4.69) is 0 Å². The molecular weight excluding hydrogens is 296 g/mol. The van der Waals surface area contributed by atoms with E-state index >= 15 is 0 Å². The van der Waals surface area contributed by atoms with Gasteiger partial charge in [-0.2, -0.15) is 0 Å². The third kappa shape index (κ3) is 3.85. The summed E-state index contributed by atoms with van der Waals surface area (Å²) in [7, 11) is 1.61. The Morgan fingerprint density at radius 3 is 2.52 bits per heavy atom. The normalized spacial score (nSPS) is 10.2. The van der Waals surface area contributed by atoms with Crippen LogP contribution in [0.5, 0.6) is 5.75 Å². The van der Waals surface area contributed by atoms with Gasteiger partial charge in [0.2, 0.25) is 0 Å². The molecule has 0 fully saturated rings. The first-order valence-corrected chi connectivity index (χ1v) is 7.24. The van der Waals surface area contributed by atoms with Crippen molar-refractivity contribution in [2.45, 2.75) is 13.5 Å². The van der Waals surface area contributed by atoms with Gasteiger partial charge in [-0.25, -0.2) is 0 Å². The molecule has 0 atom stereocenters. The van der Waals surface area contributed by atoms with Gasteiger partial charge in [-0.05, 0) is 19.1 Å². The van der Waals surface area contributed by atoms with Crippen molar-refractivity contribution in [1.82, 2.24) is 4.90 Å². The molecule has 120 valence electrons. The molecule has 2 aromatic rings. The maximum Gasteiger partial charge on any atom is 0.274 e. The van der Waals surface area contributed by atoms with Crippen LogP contribution in [-0.2, 0) is 6.54 Å². The molecule has 0 aromatic heterocycles. The number of nitro groups is 1. The lowest BCUT2D eigenvalue weighted by Gasteiger charge is -2.19. The largest absolute Gasteiger partial charge is 0.493 e. The summed E-state index contributed by atoms with van der Waals surface area (Å²) in [6, 6.07) is 13.4. The number of hydrogen-bond acceptors (Lipinski definition) is 4. The van der Waals surface area contributed by atoms with E-state index in [1.54, 1.807) is 49.5 Å². The lowest BCUT2D eigenvalue weighted by Crippen LogP contribution is -2.27. The van der Waals surface area contributed by atoms with Crippen molar-refractivity contribution in [1.29, 1.82) is 0 Å². The molecule has 1 amide bonds. The van der Waals surface area contributed by atoms with E-state index in [0.29, 0.717) is 23.5 Å². The number of ether oxygens (including phenoxy) is 1. The van der Waals surface area contributed by atoms with Crippen molar-refractivity contribution < 1.29 is 14.5 Å². The minimum absolute atomic E-state index is 0.00485. The maximum atomic E-state index is 12.6. The highest BCUT2D eigenvalue weighted by Gasteiger charge is 2.20. The van der Waals surface area contributed by atoms with E-state index in [0.717, 1.165) is 0 Å². The molecule has 0 aliphatic rings. The van der Waals surface area contributed by atoms with E-state index in [-0.39, 0.29) is 18.1 Å². The fourth-order valence-electron chi connectivity index (χ4n) is 2.28. The summed E-state index contributed by atoms with van der Waals surface area (Å²) >= 11 is 0. The van der Waals surface area contributed by atoms with Gasteiger partial charge in [-0.3, -0.25) is 14.9 Å². The highest BCUT2D eigenvalue weighted by molar-refractivity contribution is 5.96. The molecule has 0 saturated heterocycles. The van der Waals surface area contributed by atoms with Gasteiger partial charge in [0.25, 0.3) is 11.6 Å². The Morgan fingerprint density at radius 2 is 1.83 bits per heavy atom. The van der Waals surface area contributed by atoms with Gasteiger partial charge in [0.05, 0.1) is 23.6 Å².